The Morgan fingerprint density at radius 3 is 2.67 bits per heavy atom. The number of carboxylic acid groups (broad SMARTS) is 1. The van der Waals surface area contributed by atoms with E-state index < -0.39 is 53.1 Å². The zero-order chi connectivity index (χ0) is 34.9. The SMILES string of the molecule is CC(C)(C)OC(=O)N[C@@H]1CCCCCC=C[C@@H]2C[C@]2(C(=O)O)NC(=O)[C@@H]2C[C@H](n3nnc(-c4ccc(OCC5CC5)c(Cl)c4)n3)CN2C1=O. The van der Waals surface area contributed by atoms with Crippen molar-refractivity contribution in [3.63, 3.8) is 0 Å². The van der Waals surface area contributed by atoms with Gasteiger partial charge in [-0.2, -0.15) is 4.80 Å². The summed E-state index contributed by atoms with van der Waals surface area (Å²) < 4.78 is 11.3. The van der Waals surface area contributed by atoms with Crippen LogP contribution in [-0.2, 0) is 19.1 Å². The molecule has 14 nitrogen and oxygen atoms in total. The fourth-order valence-corrected chi connectivity index (χ4v) is 6.67. The minimum absolute atomic E-state index is 0.0390. The zero-order valence-corrected chi connectivity index (χ0v) is 28.8. The van der Waals surface area contributed by atoms with Gasteiger partial charge < -0.3 is 30.1 Å². The van der Waals surface area contributed by atoms with E-state index in [-0.39, 0.29) is 25.3 Å². The lowest BCUT2D eigenvalue weighted by molar-refractivity contribution is -0.145. The lowest BCUT2D eigenvalue weighted by Crippen LogP contribution is -2.56. The Morgan fingerprint density at radius 1 is 1.16 bits per heavy atom. The number of allylic oxidation sites excluding steroid dienone is 1. The van der Waals surface area contributed by atoms with Gasteiger partial charge in [0.05, 0.1) is 17.7 Å². The van der Waals surface area contributed by atoms with Gasteiger partial charge in [0.1, 0.15) is 29.0 Å². The highest BCUT2D eigenvalue weighted by Gasteiger charge is 2.61. The molecular formula is C34H44ClN7O7. The number of carbonyl (C=O) groups excluding carboxylic acids is 3. The average Bonchev–Trinajstić information content (AvgIpc) is 3.87. The van der Waals surface area contributed by atoms with E-state index in [1.807, 2.05) is 12.2 Å². The fraction of sp³-hybridized carbons (Fsp3) is 0.618. The van der Waals surface area contributed by atoms with Crippen LogP contribution in [0, 0.1) is 11.8 Å². The van der Waals surface area contributed by atoms with E-state index in [4.69, 9.17) is 21.1 Å². The average molecular weight is 698 g/mol. The maximum Gasteiger partial charge on any atom is 0.408 e. The predicted molar refractivity (Wildman–Crippen MR) is 178 cm³/mol. The highest BCUT2D eigenvalue weighted by molar-refractivity contribution is 6.32. The van der Waals surface area contributed by atoms with E-state index in [1.54, 1.807) is 39.0 Å². The molecule has 0 bridgehead atoms. The Bertz CT molecular complexity index is 1620. The molecule has 1 aromatic heterocycles. The van der Waals surface area contributed by atoms with Crippen molar-refractivity contribution in [1.29, 1.82) is 0 Å². The Hall–Kier alpha value is -4.20. The van der Waals surface area contributed by atoms with E-state index in [1.165, 1.54) is 9.70 Å². The van der Waals surface area contributed by atoms with Crippen molar-refractivity contribution in [3.05, 3.63) is 35.4 Å². The second kappa shape index (κ2) is 14.0. The van der Waals surface area contributed by atoms with Gasteiger partial charge in [0, 0.05) is 24.4 Å². The first-order valence-electron chi connectivity index (χ1n) is 17.1. The van der Waals surface area contributed by atoms with Crippen molar-refractivity contribution < 1.29 is 33.8 Å². The molecule has 2 aromatic rings. The highest BCUT2D eigenvalue weighted by atomic mass is 35.5. The molecule has 4 aliphatic rings. The molecule has 1 aromatic carbocycles. The summed E-state index contributed by atoms with van der Waals surface area (Å²) in [5, 5.41) is 29.1. The Kier molecular flexibility index (Phi) is 9.88. The number of tetrazole rings is 1. The van der Waals surface area contributed by atoms with Crippen LogP contribution in [0.25, 0.3) is 11.4 Å². The standard InChI is InChI=1S/C34H44ClN7O7/c1-33(2,3)49-32(47)36-25-10-8-6-4-5-7-9-22-17-34(22,31(45)46)37-29(43)26-16-23(18-41(26)30(25)44)42-39-28(38-40-42)21-13-14-27(24(35)15-21)48-19-20-11-12-20/h7,9,13-15,20,22-23,25-26H,4-6,8,10-12,16-19H2,1-3H3,(H,36,47)(H,37,43)(H,45,46)/t22-,23+,25-,26+,34+/m1/s1. The van der Waals surface area contributed by atoms with Crippen LogP contribution in [-0.4, -0.2) is 90.5 Å². The molecule has 3 fully saturated rings. The van der Waals surface area contributed by atoms with Crippen molar-refractivity contribution in [2.75, 3.05) is 13.2 Å². The summed E-state index contributed by atoms with van der Waals surface area (Å²) in [5.74, 6) is -1.07. The summed E-state index contributed by atoms with van der Waals surface area (Å²) in [4.78, 5) is 56.2. The van der Waals surface area contributed by atoms with E-state index in [0.29, 0.717) is 47.5 Å². The van der Waals surface area contributed by atoms with Crippen LogP contribution >= 0.6 is 11.6 Å². The molecular weight excluding hydrogens is 654 g/mol. The first-order valence-corrected chi connectivity index (χ1v) is 17.4. The van der Waals surface area contributed by atoms with Crippen LogP contribution in [0.2, 0.25) is 5.02 Å². The molecule has 2 aliphatic heterocycles. The van der Waals surface area contributed by atoms with E-state index in [9.17, 15) is 24.3 Å². The van der Waals surface area contributed by atoms with E-state index >= 15 is 0 Å². The van der Waals surface area contributed by atoms with Crippen LogP contribution in [0.5, 0.6) is 5.75 Å². The number of aliphatic carboxylic acids is 1. The number of ether oxygens (including phenoxy) is 2. The summed E-state index contributed by atoms with van der Waals surface area (Å²) in [7, 11) is 0. The third-order valence-corrected chi connectivity index (χ3v) is 9.74. The molecule has 3 amide bonds. The third-order valence-electron chi connectivity index (χ3n) is 9.44. The van der Waals surface area contributed by atoms with Gasteiger partial charge in [-0.05, 0) is 88.6 Å². The van der Waals surface area contributed by atoms with Gasteiger partial charge in [-0.1, -0.05) is 36.6 Å². The summed E-state index contributed by atoms with van der Waals surface area (Å²) in [5.41, 5.74) is -1.60. The fourth-order valence-electron chi connectivity index (χ4n) is 6.44. The number of hydrogen-bond donors (Lipinski definition) is 3. The number of benzene rings is 1. The lowest BCUT2D eigenvalue weighted by Gasteiger charge is -2.30. The Morgan fingerprint density at radius 2 is 1.96 bits per heavy atom. The summed E-state index contributed by atoms with van der Waals surface area (Å²) >= 11 is 6.49. The number of alkyl carbamates (subject to hydrolysis) is 1. The van der Waals surface area contributed by atoms with Gasteiger partial charge in [-0.25, -0.2) is 9.59 Å². The summed E-state index contributed by atoms with van der Waals surface area (Å²) in [6, 6.07) is 2.71. The molecule has 0 spiro atoms. The number of fused-ring (bicyclic) bond motifs is 2. The molecule has 5 atom stereocenters. The molecule has 0 unspecified atom stereocenters. The van der Waals surface area contributed by atoms with Gasteiger partial charge in [0.15, 0.2) is 0 Å². The molecule has 1 saturated heterocycles. The molecule has 2 saturated carbocycles. The normalized spacial score (nSPS) is 27.6. The number of rotatable bonds is 7. The number of hydrogen-bond acceptors (Lipinski definition) is 9. The molecule has 2 aliphatic carbocycles. The van der Waals surface area contributed by atoms with Crippen LogP contribution < -0.4 is 15.4 Å². The molecule has 264 valence electrons. The number of nitrogens with zero attached hydrogens (tertiary/aromatic N) is 5. The van der Waals surface area contributed by atoms with Gasteiger partial charge in [0.2, 0.25) is 17.6 Å². The molecule has 49 heavy (non-hydrogen) atoms. The van der Waals surface area contributed by atoms with Gasteiger partial charge in [-0.3, -0.25) is 9.59 Å². The number of nitrogens with one attached hydrogen (secondary N) is 2. The molecule has 0 radical (unpaired) electrons. The van der Waals surface area contributed by atoms with Crippen LogP contribution in [0.15, 0.2) is 30.4 Å². The Balaban J connectivity index is 1.25. The highest BCUT2D eigenvalue weighted by Crippen LogP contribution is 2.45. The minimum Gasteiger partial charge on any atom is -0.492 e. The number of aromatic nitrogens is 4. The van der Waals surface area contributed by atoms with Crippen molar-refractivity contribution in [1.82, 2.24) is 35.7 Å². The van der Waals surface area contributed by atoms with E-state index in [0.717, 1.165) is 32.1 Å². The molecule has 6 rings (SSSR count). The maximum absolute atomic E-state index is 14.2. The minimum atomic E-state index is -1.44. The quantitative estimate of drug-likeness (QED) is 0.354. The number of amides is 3. The first-order chi connectivity index (χ1) is 23.3. The molecule has 15 heteroatoms. The van der Waals surface area contributed by atoms with E-state index in [2.05, 4.69) is 26.0 Å². The zero-order valence-electron chi connectivity index (χ0n) is 28.1. The van der Waals surface area contributed by atoms with Gasteiger partial charge in [-0.15, -0.1) is 10.2 Å². The van der Waals surface area contributed by atoms with Crippen molar-refractivity contribution >= 4 is 35.5 Å². The second-order valence-corrected chi connectivity index (χ2v) is 15.0. The maximum atomic E-state index is 14.2. The van der Waals surface area contributed by atoms with Gasteiger partial charge in [0.25, 0.3) is 0 Å². The van der Waals surface area contributed by atoms with Crippen LogP contribution in [0.3, 0.4) is 0 Å². The van der Waals surface area contributed by atoms with Crippen LogP contribution in [0.4, 0.5) is 4.79 Å². The third kappa shape index (κ3) is 8.17. The van der Waals surface area contributed by atoms with Crippen LogP contribution in [0.1, 0.15) is 84.6 Å². The van der Waals surface area contributed by atoms with Crippen molar-refractivity contribution in [2.24, 2.45) is 11.8 Å². The summed E-state index contributed by atoms with van der Waals surface area (Å²) in [6.07, 6.45) is 9.13. The number of carbonyl (C=O) groups is 4. The van der Waals surface area contributed by atoms with Gasteiger partial charge >= 0.3 is 12.1 Å². The largest absolute Gasteiger partial charge is 0.492 e. The smallest absolute Gasteiger partial charge is 0.408 e. The Labute approximate surface area is 289 Å². The predicted octanol–water partition coefficient (Wildman–Crippen LogP) is 4.30. The number of carboxylic acids is 1. The molecule has 3 N–H and O–H groups in total. The first kappa shape index (κ1) is 34.7. The monoisotopic (exact) mass is 697 g/mol. The second-order valence-electron chi connectivity index (χ2n) is 14.6. The molecule has 3 heterocycles. The lowest BCUT2D eigenvalue weighted by atomic mass is 10.0. The topological polar surface area (TPSA) is 178 Å². The number of halogens is 1. The summed E-state index contributed by atoms with van der Waals surface area (Å²) in [6.45, 7) is 5.86. The van der Waals surface area contributed by atoms with Crippen molar-refractivity contribution in [3.8, 4) is 17.1 Å². The van der Waals surface area contributed by atoms with Crippen molar-refractivity contribution in [2.45, 2.75) is 108 Å².